The van der Waals surface area contributed by atoms with E-state index in [1.807, 2.05) is 92.7 Å². The molecule has 2 aromatic heterocycles. The molecule has 0 spiro atoms. The molecule has 12 nitrogen and oxygen atoms in total. The van der Waals surface area contributed by atoms with E-state index in [0.717, 1.165) is 44.6 Å². The summed E-state index contributed by atoms with van der Waals surface area (Å²) in [6, 6.07) is 26.2. The van der Waals surface area contributed by atoms with Crippen molar-refractivity contribution in [3.05, 3.63) is 153 Å². The summed E-state index contributed by atoms with van der Waals surface area (Å²) in [5.74, 6) is 1.38. The molecule has 0 saturated carbocycles. The first-order chi connectivity index (χ1) is 28.9. The number of methoxy groups -OCH3 is 1. The van der Waals surface area contributed by atoms with Gasteiger partial charge in [-0.25, -0.2) is 9.78 Å². The first-order valence-electron chi connectivity index (χ1n) is 19.6. The van der Waals surface area contributed by atoms with Crippen LogP contribution < -0.4 is 19.5 Å². The summed E-state index contributed by atoms with van der Waals surface area (Å²) in [7, 11) is 1.28. The third-order valence-electron chi connectivity index (χ3n) is 11.0. The van der Waals surface area contributed by atoms with Crippen LogP contribution >= 0.6 is 11.6 Å². The predicted molar refractivity (Wildman–Crippen MR) is 223 cm³/mol. The van der Waals surface area contributed by atoms with Gasteiger partial charge in [-0.3, -0.25) is 14.6 Å². The van der Waals surface area contributed by atoms with Crippen LogP contribution in [0.5, 0.6) is 23.0 Å². The number of benzene rings is 4. The lowest BCUT2D eigenvalue weighted by atomic mass is 9.91. The predicted octanol–water partition coefficient (Wildman–Crippen LogP) is 8.40. The minimum absolute atomic E-state index is 0.0622. The van der Waals surface area contributed by atoms with Crippen LogP contribution in [-0.4, -0.2) is 58.5 Å². The van der Waals surface area contributed by atoms with E-state index < -0.39 is 36.0 Å². The number of aryl methyl sites for hydroxylation is 3. The molecule has 0 radical (unpaired) electrons. The van der Waals surface area contributed by atoms with E-state index >= 15 is 0 Å². The molecule has 13 heteroatoms. The van der Waals surface area contributed by atoms with Crippen molar-refractivity contribution in [2.75, 3.05) is 13.7 Å². The van der Waals surface area contributed by atoms with E-state index in [-0.39, 0.29) is 31.7 Å². The van der Waals surface area contributed by atoms with Gasteiger partial charge < -0.3 is 33.6 Å². The summed E-state index contributed by atoms with van der Waals surface area (Å²) in [5, 5.41) is 3.50. The number of nitrogens with one attached hydrogen (secondary N) is 1. The quantitative estimate of drug-likeness (QED) is 0.134. The van der Waals surface area contributed by atoms with Gasteiger partial charge in [-0.05, 0) is 108 Å². The molecule has 6 aromatic rings. The second kappa shape index (κ2) is 16.9. The second-order valence-corrected chi connectivity index (χ2v) is 15.4. The fourth-order valence-electron chi connectivity index (χ4n) is 7.66. The van der Waals surface area contributed by atoms with Gasteiger partial charge in [0.15, 0.2) is 29.2 Å². The number of nitrogens with zero attached hydrogens (tertiary/aromatic N) is 3. The van der Waals surface area contributed by atoms with Crippen LogP contribution in [0.1, 0.15) is 61.8 Å². The van der Waals surface area contributed by atoms with Gasteiger partial charge in [0.25, 0.3) is 5.91 Å². The van der Waals surface area contributed by atoms with Crippen molar-refractivity contribution in [2.24, 2.45) is 0 Å². The molecule has 306 valence electrons. The van der Waals surface area contributed by atoms with Gasteiger partial charge in [0.2, 0.25) is 5.91 Å². The molecule has 2 aliphatic heterocycles. The van der Waals surface area contributed by atoms with Crippen molar-refractivity contribution in [3.8, 4) is 34.1 Å². The highest BCUT2D eigenvalue weighted by Gasteiger charge is 2.39. The molecular formula is C47H43ClN4O8. The lowest BCUT2D eigenvalue weighted by Gasteiger charge is -2.37. The van der Waals surface area contributed by atoms with Crippen molar-refractivity contribution in [1.29, 1.82) is 0 Å². The molecule has 0 aliphatic carbocycles. The Kier molecular flexibility index (Phi) is 11.3. The zero-order valence-electron chi connectivity index (χ0n) is 33.8. The number of halogens is 1. The third-order valence-corrected chi connectivity index (χ3v) is 11.2. The molecule has 1 N–H and O–H groups in total. The number of aromatic nitrogens is 2. The third kappa shape index (κ3) is 8.42. The smallest absolute Gasteiger partial charge is 0.328 e. The van der Waals surface area contributed by atoms with Crippen LogP contribution in [0.2, 0.25) is 5.02 Å². The fourth-order valence-corrected chi connectivity index (χ4v) is 7.84. The van der Waals surface area contributed by atoms with E-state index in [4.69, 9.17) is 35.0 Å². The van der Waals surface area contributed by atoms with Gasteiger partial charge in [-0.2, -0.15) is 0 Å². The average molecular weight is 827 g/mol. The number of fused-ring (bicyclic) bond motifs is 2. The molecule has 0 bridgehead atoms. The summed E-state index contributed by atoms with van der Waals surface area (Å²) < 4.78 is 29.4. The maximum Gasteiger partial charge on any atom is 0.328 e. The SMILES string of the molecule is COC(=O)[C@H](Cc1ccc(-c2ccnc(C)c2C)cc1)NC(=O)[C@@H]1Cc2cc3c(cc2CN1C(=O)c1nc(C)oc1C)O[C@@H](c1ccc(Oc2cccc(Cl)c2)cc1)CO3. The van der Waals surface area contributed by atoms with Gasteiger partial charge in [0.1, 0.15) is 35.9 Å². The van der Waals surface area contributed by atoms with Gasteiger partial charge in [0, 0.05) is 43.2 Å². The first-order valence-corrected chi connectivity index (χ1v) is 19.9. The summed E-state index contributed by atoms with van der Waals surface area (Å²) in [5.41, 5.74) is 7.51. The molecule has 8 rings (SSSR count). The minimum Gasteiger partial charge on any atom is -0.485 e. The van der Waals surface area contributed by atoms with Crippen LogP contribution in [0.15, 0.2) is 102 Å². The van der Waals surface area contributed by atoms with E-state index in [0.29, 0.717) is 39.7 Å². The number of amides is 2. The number of hydrogen-bond acceptors (Lipinski definition) is 10. The Labute approximate surface area is 352 Å². The van der Waals surface area contributed by atoms with Crippen LogP contribution in [0.25, 0.3) is 11.1 Å². The van der Waals surface area contributed by atoms with Crippen molar-refractivity contribution >= 4 is 29.4 Å². The minimum atomic E-state index is -1.03. The van der Waals surface area contributed by atoms with Crippen molar-refractivity contribution in [1.82, 2.24) is 20.2 Å². The van der Waals surface area contributed by atoms with Crippen molar-refractivity contribution < 1.29 is 37.7 Å². The second-order valence-electron chi connectivity index (χ2n) is 15.0. The largest absolute Gasteiger partial charge is 0.485 e. The van der Waals surface area contributed by atoms with E-state index in [9.17, 15) is 14.4 Å². The van der Waals surface area contributed by atoms with Crippen molar-refractivity contribution in [2.45, 2.75) is 65.3 Å². The molecule has 2 amide bonds. The Morgan fingerprint density at radius 3 is 2.40 bits per heavy atom. The highest BCUT2D eigenvalue weighted by Crippen LogP contribution is 2.41. The number of rotatable bonds is 10. The van der Waals surface area contributed by atoms with Crippen LogP contribution in [0.4, 0.5) is 0 Å². The normalized spacial score (nSPS) is 16.1. The molecule has 4 heterocycles. The molecule has 60 heavy (non-hydrogen) atoms. The Hall–Kier alpha value is -6.66. The number of esters is 1. The molecule has 2 aliphatic rings. The summed E-state index contributed by atoms with van der Waals surface area (Å²) in [4.78, 5) is 52.0. The zero-order chi connectivity index (χ0) is 42.1. The number of hydrogen-bond donors (Lipinski definition) is 1. The molecule has 0 fully saturated rings. The Morgan fingerprint density at radius 2 is 1.68 bits per heavy atom. The summed E-state index contributed by atoms with van der Waals surface area (Å²) in [6.07, 6.45) is 1.68. The van der Waals surface area contributed by atoms with E-state index in [2.05, 4.69) is 15.3 Å². The average Bonchev–Trinajstić information content (AvgIpc) is 3.60. The monoisotopic (exact) mass is 826 g/mol. The van der Waals surface area contributed by atoms with Crippen LogP contribution in [0, 0.1) is 27.7 Å². The summed E-state index contributed by atoms with van der Waals surface area (Å²) >= 11 is 6.11. The molecular weight excluding hydrogens is 784 g/mol. The number of pyridine rings is 1. The molecule has 4 aromatic carbocycles. The summed E-state index contributed by atoms with van der Waals surface area (Å²) in [6.45, 7) is 7.64. The standard InChI is InChI=1S/C47H43ClN4O8/c1-26-27(2)49-18-17-38(26)31-11-9-30(10-12-31)19-39(47(55)56-5)51-45(53)40-20-33-21-41-42(22-34(33)24-52(40)46(54)44-28(3)58-29(4)50-44)60-43(25-57-41)32-13-15-36(16-14-32)59-37-8-6-7-35(48)23-37/h6-18,21-23,39-40,43H,19-20,24-25H2,1-5H3,(H,51,53)/t39-,40-,43+/m0/s1. The van der Waals surface area contributed by atoms with E-state index in [1.54, 1.807) is 32.2 Å². The zero-order valence-corrected chi connectivity index (χ0v) is 34.5. The van der Waals surface area contributed by atoms with Gasteiger partial charge in [-0.15, -0.1) is 0 Å². The number of carbonyl (C=O) groups excluding carboxylic acids is 3. The topological polar surface area (TPSA) is 142 Å². The maximum atomic E-state index is 14.4. The van der Waals surface area contributed by atoms with Crippen LogP contribution in [0.3, 0.4) is 0 Å². The lowest BCUT2D eigenvalue weighted by Crippen LogP contribution is -2.56. The van der Waals surface area contributed by atoms with E-state index in [1.165, 1.54) is 12.0 Å². The van der Waals surface area contributed by atoms with Gasteiger partial charge >= 0.3 is 5.97 Å². The fraction of sp³-hybridized carbons (Fsp3) is 0.255. The number of carbonyl (C=O) groups is 3. The first kappa shape index (κ1) is 40.1. The Morgan fingerprint density at radius 1 is 0.917 bits per heavy atom. The number of ether oxygens (including phenoxy) is 4. The molecule has 0 unspecified atom stereocenters. The van der Waals surface area contributed by atoms with Gasteiger partial charge in [-0.1, -0.05) is 54.1 Å². The molecule has 0 saturated heterocycles. The van der Waals surface area contributed by atoms with Crippen molar-refractivity contribution in [3.63, 3.8) is 0 Å². The number of oxazole rings is 1. The highest BCUT2D eigenvalue weighted by atomic mass is 35.5. The highest BCUT2D eigenvalue weighted by molar-refractivity contribution is 6.30. The lowest BCUT2D eigenvalue weighted by molar-refractivity contribution is -0.145. The Balaban J connectivity index is 1.02. The maximum absolute atomic E-state index is 14.4. The molecule has 3 atom stereocenters. The van der Waals surface area contributed by atoms with Gasteiger partial charge in [0.05, 0.1) is 7.11 Å². The Bertz CT molecular complexity index is 2590. The van der Waals surface area contributed by atoms with Crippen LogP contribution in [-0.2, 0) is 33.7 Å².